The molecule has 0 aliphatic heterocycles. The van der Waals surface area contributed by atoms with Crippen molar-refractivity contribution < 1.29 is 15.0 Å². The second kappa shape index (κ2) is 8.43. The number of carbonyl (C=O) groups is 1. The number of hydrogen-bond donors (Lipinski definition) is 2. The summed E-state index contributed by atoms with van der Waals surface area (Å²) in [5.74, 6) is -0.576. The number of aliphatic hydroxyl groups is 1. The van der Waals surface area contributed by atoms with Gasteiger partial charge in [0.25, 0.3) is 0 Å². The molecule has 0 amide bonds. The molecule has 0 spiro atoms. The Morgan fingerprint density at radius 2 is 2.16 bits per heavy atom. The maximum Gasteiger partial charge on any atom is 0.337 e. The van der Waals surface area contributed by atoms with E-state index in [1.165, 1.54) is 5.57 Å². The van der Waals surface area contributed by atoms with E-state index in [1.807, 2.05) is 33.1 Å². The molecular formula is C21H29NO3. The fourth-order valence-electron chi connectivity index (χ4n) is 3.20. The van der Waals surface area contributed by atoms with Crippen LogP contribution in [0.15, 0.2) is 34.8 Å². The number of carboxylic acid groups (broad SMARTS) is 1. The highest BCUT2D eigenvalue weighted by Crippen LogP contribution is 2.29. The third kappa shape index (κ3) is 6.13. The van der Waals surface area contributed by atoms with Crippen molar-refractivity contribution in [2.24, 2.45) is 10.9 Å². The van der Waals surface area contributed by atoms with E-state index >= 15 is 0 Å². The van der Waals surface area contributed by atoms with Gasteiger partial charge in [-0.3, -0.25) is 4.99 Å². The van der Waals surface area contributed by atoms with Crippen molar-refractivity contribution in [3.63, 3.8) is 0 Å². The number of benzene rings is 1. The molecular weight excluding hydrogens is 314 g/mol. The third-order valence-electron chi connectivity index (χ3n) is 4.71. The van der Waals surface area contributed by atoms with Crippen LogP contribution in [0.3, 0.4) is 0 Å². The predicted octanol–water partition coefficient (Wildman–Crippen LogP) is 5.06. The highest BCUT2D eigenvalue weighted by atomic mass is 16.4. The van der Waals surface area contributed by atoms with Crippen molar-refractivity contribution in [1.82, 2.24) is 0 Å². The summed E-state index contributed by atoms with van der Waals surface area (Å²) in [5.41, 5.74) is 2.59. The van der Waals surface area contributed by atoms with Crippen molar-refractivity contribution in [2.45, 2.75) is 64.9 Å². The van der Waals surface area contributed by atoms with Crippen LogP contribution in [0.4, 0.5) is 5.69 Å². The van der Waals surface area contributed by atoms with Gasteiger partial charge in [-0.05, 0) is 76.8 Å². The van der Waals surface area contributed by atoms with Gasteiger partial charge < -0.3 is 10.2 Å². The molecule has 4 heteroatoms. The van der Waals surface area contributed by atoms with Crippen LogP contribution in [-0.2, 0) is 0 Å². The zero-order chi connectivity index (χ0) is 18.4. The second-order valence-corrected chi connectivity index (χ2v) is 7.62. The van der Waals surface area contributed by atoms with Gasteiger partial charge >= 0.3 is 5.97 Å². The first-order valence-electron chi connectivity index (χ1n) is 9.03. The summed E-state index contributed by atoms with van der Waals surface area (Å²) in [6.07, 6.45) is 10.2. The minimum Gasteiger partial charge on any atom is -0.478 e. The molecule has 0 radical (unpaired) electrons. The summed E-state index contributed by atoms with van der Waals surface area (Å²) in [4.78, 5) is 15.8. The number of aliphatic imine (C=N–C) groups is 1. The Bertz CT molecular complexity index is 668. The average Bonchev–Trinajstić information content (AvgIpc) is 2.53. The molecule has 25 heavy (non-hydrogen) atoms. The van der Waals surface area contributed by atoms with Crippen molar-refractivity contribution in [2.75, 3.05) is 0 Å². The molecule has 1 aromatic rings. The molecule has 0 bridgehead atoms. The van der Waals surface area contributed by atoms with Crippen molar-refractivity contribution in [3.05, 3.63) is 41.0 Å². The molecule has 4 nitrogen and oxygen atoms in total. The van der Waals surface area contributed by atoms with E-state index in [4.69, 9.17) is 0 Å². The maximum absolute atomic E-state index is 11.3. The highest BCUT2D eigenvalue weighted by Gasteiger charge is 2.16. The molecule has 0 aromatic heterocycles. The number of rotatable bonds is 7. The molecule has 1 unspecified atom stereocenters. The van der Waals surface area contributed by atoms with Gasteiger partial charge in [-0.2, -0.15) is 0 Å². The Labute approximate surface area is 150 Å². The Hall–Kier alpha value is -1.94. The van der Waals surface area contributed by atoms with Gasteiger partial charge in [-0.1, -0.05) is 23.8 Å². The van der Waals surface area contributed by atoms with Crippen LogP contribution in [0.5, 0.6) is 0 Å². The Balaban J connectivity index is 1.94. The molecule has 1 atom stereocenters. The molecule has 0 fully saturated rings. The fourth-order valence-corrected chi connectivity index (χ4v) is 3.20. The summed E-state index contributed by atoms with van der Waals surface area (Å²) in [6.45, 7) is 5.60. The van der Waals surface area contributed by atoms with E-state index in [0.717, 1.165) is 44.1 Å². The number of aryl methyl sites for hydroxylation is 1. The fraction of sp³-hybridized carbons (Fsp3) is 0.524. The number of carboxylic acids is 1. The van der Waals surface area contributed by atoms with E-state index in [2.05, 4.69) is 11.1 Å². The van der Waals surface area contributed by atoms with Crippen LogP contribution >= 0.6 is 0 Å². The minimum atomic E-state index is -0.937. The summed E-state index contributed by atoms with van der Waals surface area (Å²) in [5, 5.41) is 19.1. The predicted molar refractivity (Wildman–Crippen MR) is 102 cm³/mol. The lowest BCUT2D eigenvalue weighted by Gasteiger charge is -2.21. The molecule has 1 aliphatic carbocycles. The summed E-state index contributed by atoms with van der Waals surface area (Å²) < 4.78 is 0. The summed E-state index contributed by atoms with van der Waals surface area (Å²) in [7, 11) is 0. The zero-order valence-corrected chi connectivity index (χ0v) is 15.5. The Morgan fingerprint density at radius 3 is 2.76 bits per heavy atom. The van der Waals surface area contributed by atoms with Crippen molar-refractivity contribution in [1.29, 1.82) is 0 Å². The number of allylic oxidation sites excluding steroid dienone is 2. The molecule has 136 valence electrons. The molecule has 0 saturated carbocycles. The molecule has 2 rings (SSSR count). The lowest BCUT2D eigenvalue weighted by Crippen LogP contribution is -2.18. The lowest BCUT2D eigenvalue weighted by atomic mass is 9.87. The first-order chi connectivity index (χ1) is 11.8. The van der Waals surface area contributed by atoms with E-state index in [-0.39, 0.29) is 5.56 Å². The normalized spacial score (nSPS) is 18.4. The number of para-hydroxylation sites is 1. The van der Waals surface area contributed by atoms with Gasteiger partial charge in [0, 0.05) is 6.21 Å². The van der Waals surface area contributed by atoms with Crippen LogP contribution in [0.2, 0.25) is 0 Å². The first-order valence-corrected chi connectivity index (χ1v) is 9.03. The van der Waals surface area contributed by atoms with Crippen LogP contribution in [-0.4, -0.2) is 28.0 Å². The van der Waals surface area contributed by atoms with Gasteiger partial charge in [-0.25, -0.2) is 4.79 Å². The van der Waals surface area contributed by atoms with Crippen LogP contribution in [0.1, 0.15) is 68.3 Å². The number of nitrogens with zero attached hydrogens (tertiary/aromatic N) is 1. The van der Waals surface area contributed by atoms with Crippen molar-refractivity contribution >= 4 is 17.9 Å². The third-order valence-corrected chi connectivity index (χ3v) is 4.71. The van der Waals surface area contributed by atoms with Crippen molar-refractivity contribution in [3.8, 4) is 0 Å². The van der Waals surface area contributed by atoms with Gasteiger partial charge in [0.1, 0.15) is 0 Å². The topological polar surface area (TPSA) is 69.9 Å². The molecule has 1 aliphatic rings. The maximum atomic E-state index is 11.3. The molecule has 0 heterocycles. The van der Waals surface area contributed by atoms with Crippen LogP contribution < -0.4 is 0 Å². The molecule has 1 aromatic carbocycles. The zero-order valence-electron chi connectivity index (χ0n) is 15.5. The molecule has 2 N–H and O–H groups in total. The highest BCUT2D eigenvalue weighted by molar-refractivity contribution is 5.95. The van der Waals surface area contributed by atoms with Gasteiger partial charge in [-0.15, -0.1) is 0 Å². The Morgan fingerprint density at radius 1 is 1.40 bits per heavy atom. The smallest absolute Gasteiger partial charge is 0.337 e. The quantitative estimate of drug-likeness (QED) is 0.537. The van der Waals surface area contributed by atoms with Gasteiger partial charge in [0.2, 0.25) is 0 Å². The standard InChI is InChI=1S/C21H29NO3/c1-15-6-4-8-18(20(23)24)19(15)22-14-17-11-9-16(10-12-17)7-5-13-21(2,3)25/h4,6,8-9,14,17,25H,5,7,10-13H2,1-3H3,(H,23,24)/b22-14-. The summed E-state index contributed by atoms with van der Waals surface area (Å²) in [6, 6.07) is 5.24. The number of hydrogen-bond acceptors (Lipinski definition) is 3. The lowest BCUT2D eigenvalue weighted by molar-refractivity contribution is 0.0683. The van der Waals surface area contributed by atoms with Gasteiger partial charge in [0.15, 0.2) is 0 Å². The largest absolute Gasteiger partial charge is 0.478 e. The minimum absolute atomic E-state index is 0.259. The SMILES string of the molecule is Cc1cccc(C(=O)O)c1/N=C\C1CC=C(CCCC(C)(C)O)CC1. The molecule has 0 saturated heterocycles. The van der Waals surface area contributed by atoms with Crippen LogP contribution in [0.25, 0.3) is 0 Å². The van der Waals surface area contributed by atoms with Crippen LogP contribution in [0, 0.1) is 12.8 Å². The van der Waals surface area contributed by atoms with E-state index in [9.17, 15) is 15.0 Å². The number of aromatic carboxylic acids is 1. The van der Waals surface area contributed by atoms with E-state index in [1.54, 1.807) is 12.1 Å². The Kier molecular flexibility index (Phi) is 6.54. The van der Waals surface area contributed by atoms with Gasteiger partial charge in [0.05, 0.1) is 16.9 Å². The average molecular weight is 343 g/mol. The second-order valence-electron chi connectivity index (χ2n) is 7.62. The van der Waals surface area contributed by atoms with E-state index < -0.39 is 11.6 Å². The monoisotopic (exact) mass is 343 g/mol. The first kappa shape index (κ1) is 19.4. The summed E-state index contributed by atoms with van der Waals surface area (Å²) >= 11 is 0. The van der Waals surface area contributed by atoms with E-state index in [0.29, 0.717) is 11.6 Å².